The van der Waals surface area contributed by atoms with Crippen molar-refractivity contribution < 1.29 is 21.6 Å². The second kappa shape index (κ2) is 4.71. The highest BCUT2D eigenvalue weighted by Gasteiger charge is 2.65. The van der Waals surface area contributed by atoms with Crippen molar-refractivity contribution in [2.75, 3.05) is 0 Å². The average molecular weight is 308 g/mol. The molecule has 1 atom stereocenters. The van der Waals surface area contributed by atoms with Crippen molar-refractivity contribution in [3.8, 4) is 0 Å². The van der Waals surface area contributed by atoms with Gasteiger partial charge in [-0.3, -0.25) is 0 Å². The second-order valence-electron chi connectivity index (χ2n) is 5.04. The molecule has 4 nitrogen and oxygen atoms in total. The first kappa shape index (κ1) is 15.3. The Morgan fingerprint density at radius 2 is 1.75 bits per heavy atom. The second-order valence-corrected chi connectivity index (χ2v) is 6.73. The zero-order chi connectivity index (χ0) is 15.2. The van der Waals surface area contributed by atoms with Crippen LogP contribution in [-0.2, 0) is 10.0 Å². The van der Waals surface area contributed by atoms with Gasteiger partial charge >= 0.3 is 6.18 Å². The summed E-state index contributed by atoms with van der Waals surface area (Å²) in [7, 11) is -4.19. The van der Waals surface area contributed by atoms with Crippen LogP contribution in [0.15, 0.2) is 29.2 Å². The van der Waals surface area contributed by atoms with Gasteiger partial charge in [0.15, 0.2) is 0 Å². The smallest absolute Gasteiger partial charge is 0.324 e. The highest BCUT2D eigenvalue weighted by atomic mass is 32.2. The van der Waals surface area contributed by atoms with Gasteiger partial charge in [-0.1, -0.05) is 12.1 Å². The van der Waals surface area contributed by atoms with Gasteiger partial charge in [0.25, 0.3) is 0 Å². The van der Waals surface area contributed by atoms with Crippen LogP contribution in [-0.4, -0.2) is 20.1 Å². The quantitative estimate of drug-likeness (QED) is 0.894. The minimum absolute atomic E-state index is 0.197. The molecule has 0 amide bonds. The molecule has 1 unspecified atom stereocenters. The largest absolute Gasteiger partial charge is 0.407 e. The minimum Gasteiger partial charge on any atom is -0.324 e. The number of nitrogens with two attached hydrogens (primary N) is 1. The fraction of sp³-hybridized carbons (Fsp3) is 0.500. The van der Waals surface area contributed by atoms with Crippen molar-refractivity contribution in [3.05, 3.63) is 29.8 Å². The predicted molar refractivity (Wildman–Crippen MR) is 67.4 cm³/mol. The lowest BCUT2D eigenvalue weighted by Crippen LogP contribution is -2.47. The molecule has 1 aliphatic rings. The van der Waals surface area contributed by atoms with E-state index in [1.165, 1.54) is 24.3 Å². The normalized spacial score (nSPS) is 19.6. The van der Waals surface area contributed by atoms with Gasteiger partial charge in [-0.2, -0.15) is 17.9 Å². The van der Waals surface area contributed by atoms with E-state index in [-0.39, 0.29) is 23.8 Å². The highest BCUT2D eigenvalue weighted by molar-refractivity contribution is 7.89. The van der Waals surface area contributed by atoms with Gasteiger partial charge in [0, 0.05) is 6.04 Å². The molecule has 0 spiro atoms. The first-order chi connectivity index (χ1) is 9.07. The van der Waals surface area contributed by atoms with E-state index in [0.717, 1.165) is 0 Å². The van der Waals surface area contributed by atoms with Crippen LogP contribution >= 0.6 is 0 Å². The summed E-state index contributed by atoms with van der Waals surface area (Å²) in [5.41, 5.74) is 4.04. The molecule has 3 N–H and O–H groups in total. The molecule has 0 aromatic heterocycles. The van der Waals surface area contributed by atoms with Crippen LogP contribution in [0.4, 0.5) is 13.2 Å². The number of halogens is 3. The molecule has 0 bridgehead atoms. The van der Waals surface area contributed by atoms with Crippen LogP contribution in [0.3, 0.4) is 0 Å². The summed E-state index contributed by atoms with van der Waals surface area (Å²) in [5, 5.41) is 0. The first-order valence-corrected chi connectivity index (χ1v) is 7.52. The summed E-state index contributed by atoms with van der Waals surface area (Å²) in [6, 6.07) is 5.23. The van der Waals surface area contributed by atoms with Crippen LogP contribution in [0.1, 0.15) is 31.4 Å². The van der Waals surface area contributed by atoms with E-state index in [0.29, 0.717) is 5.56 Å². The molecule has 20 heavy (non-hydrogen) atoms. The summed E-state index contributed by atoms with van der Waals surface area (Å²) < 4.78 is 64.0. The van der Waals surface area contributed by atoms with Gasteiger partial charge in [-0.05, 0) is 37.5 Å². The third kappa shape index (κ3) is 2.82. The van der Waals surface area contributed by atoms with Crippen molar-refractivity contribution in [2.24, 2.45) is 5.73 Å². The Morgan fingerprint density at radius 3 is 2.10 bits per heavy atom. The summed E-state index contributed by atoms with van der Waals surface area (Å²) in [6.45, 7) is 1.73. The summed E-state index contributed by atoms with van der Waals surface area (Å²) in [6.07, 6.45) is -5.03. The van der Waals surface area contributed by atoms with E-state index in [9.17, 15) is 21.6 Å². The third-order valence-electron chi connectivity index (χ3n) is 3.34. The average Bonchev–Trinajstić information content (AvgIpc) is 3.09. The highest BCUT2D eigenvalue weighted by Crippen LogP contribution is 2.49. The molecule has 0 aliphatic heterocycles. The maximum absolute atomic E-state index is 12.8. The lowest BCUT2D eigenvalue weighted by molar-refractivity contribution is -0.160. The molecular formula is C12H15F3N2O2S. The van der Waals surface area contributed by atoms with Crippen molar-refractivity contribution in [1.29, 1.82) is 0 Å². The lowest BCUT2D eigenvalue weighted by Gasteiger charge is -2.20. The molecule has 112 valence electrons. The Morgan fingerprint density at radius 1 is 1.25 bits per heavy atom. The topological polar surface area (TPSA) is 72.2 Å². The molecule has 0 heterocycles. The third-order valence-corrected chi connectivity index (χ3v) is 4.89. The van der Waals surface area contributed by atoms with E-state index in [4.69, 9.17) is 5.73 Å². The Bertz CT molecular complexity index is 590. The number of benzene rings is 1. The molecular weight excluding hydrogens is 293 g/mol. The Hall–Kier alpha value is -1.12. The van der Waals surface area contributed by atoms with Crippen molar-refractivity contribution in [2.45, 2.75) is 42.4 Å². The predicted octanol–water partition coefficient (Wildman–Crippen LogP) is 2.08. The molecule has 0 radical (unpaired) electrons. The Balaban J connectivity index is 2.23. The van der Waals surface area contributed by atoms with Crippen molar-refractivity contribution >= 4 is 10.0 Å². The molecule has 1 aromatic carbocycles. The SMILES string of the molecule is CC(N)c1ccc(S(=O)(=O)NC2(C(F)(F)F)CC2)cc1. The number of hydrogen-bond donors (Lipinski definition) is 2. The molecule has 2 rings (SSSR count). The van der Waals surface area contributed by atoms with Crippen LogP contribution in [0, 0.1) is 0 Å². The maximum Gasteiger partial charge on any atom is 0.407 e. The number of hydrogen-bond acceptors (Lipinski definition) is 3. The number of sulfonamides is 1. The van der Waals surface area contributed by atoms with Gasteiger partial charge in [-0.25, -0.2) is 8.42 Å². The van der Waals surface area contributed by atoms with E-state index >= 15 is 0 Å². The van der Waals surface area contributed by atoms with Gasteiger partial charge in [-0.15, -0.1) is 0 Å². The van der Waals surface area contributed by atoms with Gasteiger partial charge in [0.1, 0.15) is 5.54 Å². The van der Waals surface area contributed by atoms with E-state index in [1.807, 2.05) is 0 Å². The summed E-state index contributed by atoms with van der Waals surface area (Å²) >= 11 is 0. The minimum atomic E-state index is -4.58. The molecule has 1 fully saturated rings. The summed E-state index contributed by atoms with van der Waals surface area (Å²) in [4.78, 5) is -0.197. The number of rotatable bonds is 4. The van der Waals surface area contributed by atoms with E-state index in [1.54, 1.807) is 11.6 Å². The molecule has 1 aromatic rings. The Labute approximate surface area is 115 Å². The van der Waals surface area contributed by atoms with E-state index in [2.05, 4.69) is 0 Å². The van der Waals surface area contributed by atoms with Crippen LogP contribution in [0.5, 0.6) is 0 Å². The standard InChI is InChI=1S/C12H15F3N2O2S/c1-8(16)9-2-4-10(5-3-9)20(18,19)17-11(6-7-11)12(13,14)15/h2-5,8,17H,6-7,16H2,1H3. The number of nitrogens with one attached hydrogen (secondary N) is 1. The van der Waals surface area contributed by atoms with Crippen LogP contribution in [0.2, 0.25) is 0 Å². The fourth-order valence-electron chi connectivity index (χ4n) is 1.84. The monoisotopic (exact) mass is 308 g/mol. The first-order valence-electron chi connectivity index (χ1n) is 6.04. The van der Waals surface area contributed by atoms with Gasteiger partial charge in [0.2, 0.25) is 10.0 Å². The molecule has 1 aliphatic carbocycles. The van der Waals surface area contributed by atoms with E-state index < -0.39 is 21.7 Å². The lowest BCUT2D eigenvalue weighted by atomic mass is 10.1. The van der Waals surface area contributed by atoms with Crippen LogP contribution in [0.25, 0.3) is 0 Å². The maximum atomic E-state index is 12.8. The number of alkyl halides is 3. The Kier molecular flexibility index (Phi) is 3.60. The van der Waals surface area contributed by atoms with Crippen molar-refractivity contribution in [1.82, 2.24) is 4.72 Å². The zero-order valence-electron chi connectivity index (χ0n) is 10.7. The fourth-order valence-corrected chi connectivity index (χ4v) is 3.28. The molecule has 8 heteroatoms. The molecule has 1 saturated carbocycles. The van der Waals surface area contributed by atoms with Crippen LogP contribution < -0.4 is 10.5 Å². The van der Waals surface area contributed by atoms with Gasteiger partial charge in [0.05, 0.1) is 4.90 Å². The van der Waals surface area contributed by atoms with Gasteiger partial charge < -0.3 is 5.73 Å². The zero-order valence-corrected chi connectivity index (χ0v) is 11.6. The summed E-state index contributed by atoms with van der Waals surface area (Å²) in [5.74, 6) is 0. The molecule has 0 saturated heterocycles. The van der Waals surface area contributed by atoms with Crippen molar-refractivity contribution in [3.63, 3.8) is 0 Å².